The van der Waals surface area contributed by atoms with Gasteiger partial charge in [0, 0.05) is 28.5 Å². The number of benzene rings is 7. The Balaban J connectivity index is 1.27. The first-order valence-corrected chi connectivity index (χ1v) is 18.7. The van der Waals surface area contributed by atoms with Crippen molar-refractivity contribution in [1.29, 1.82) is 5.26 Å². The van der Waals surface area contributed by atoms with Crippen LogP contribution in [0, 0.1) is 11.3 Å². The van der Waals surface area contributed by atoms with Crippen LogP contribution in [0.15, 0.2) is 194 Å². The van der Waals surface area contributed by atoms with Gasteiger partial charge >= 0.3 is 0 Å². The van der Waals surface area contributed by atoms with Gasteiger partial charge in [-0.1, -0.05) is 152 Å². The molecule has 2 heterocycles. The van der Waals surface area contributed by atoms with E-state index in [1.807, 2.05) is 54.7 Å². The van der Waals surface area contributed by atoms with Crippen molar-refractivity contribution in [3.63, 3.8) is 0 Å². The number of pyridine rings is 1. The summed E-state index contributed by atoms with van der Waals surface area (Å²) < 4.78 is 0. The Morgan fingerprint density at radius 3 is 1.12 bits per heavy atom. The molecule has 0 N–H and O–H groups in total. The molecule has 56 heavy (non-hydrogen) atoms. The predicted molar refractivity (Wildman–Crippen MR) is 231 cm³/mol. The second kappa shape index (κ2) is 13.9. The van der Waals surface area contributed by atoms with E-state index in [-0.39, 0.29) is 0 Å². The maximum atomic E-state index is 9.51. The van der Waals surface area contributed by atoms with Crippen LogP contribution in [0.1, 0.15) is 5.56 Å². The lowest BCUT2D eigenvalue weighted by atomic mass is 9.93. The zero-order chi connectivity index (χ0) is 37.4. The second-order valence-corrected chi connectivity index (χ2v) is 13.9. The third kappa shape index (κ3) is 5.85. The number of aromatic nitrogens is 3. The fourth-order valence-electron chi connectivity index (χ4n) is 7.89. The van der Waals surface area contributed by atoms with Crippen molar-refractivity contribution in [2.45, 2.75) is 0 Å². The minimum atomic E-state index is 0.602. The van der Waals surface area contributed by atoms with E-state index >= 15 is 0 Å². The van der Waals surface area contributed by atoms with Crippen molar-refractivity contribution < 1.29 is 0 Å². The van der Waals surface area contributed by atoms with E-state index in [2.05, 4.69) is 151 Å². The molecule has 0 saturated heterocycles. The lowest BCUT2D eigenvalue weighted by Gasteiger charge is -2.12. The molecule has 4 heteroatoms. The fourth-order valence-corrected chi connectivity index (χ4v) is 7.89. The Bertz CT molecular complexity index is 3160. The van der Waals surface area contributed by atoms with Crippen molar-refractivity contribution in [3.8, 4) is 51.2 Å². The van der Waals surface area contributed by atoms with Gasteiger partial charge in [0.25, 0.3) is 0 Å². The van der Waals surface area contributed by atoms with Gasteiger partial charge in [-0.3, -0.25) is 4.98 Å². The van der Waals surface area contributed by atoms with Crippen LogP contribution in [0.2, 0.25) is 0 Å². The Labute approximate surface area is 324 Å². The normalized spacial score (nSPS) is 11.2. The van der Waals surface area contributed by atoms with Crippen LogP contribution in [-0.4, -0.2) is 15.0 Å². The number of hydrogen-bond donors (Lipinski definition) is 0. The third-order valence-electron chi connectivity index (χ3n) is 10.6. The Morgan fingerprint density at radius 1 is 0.321 bits per heavy atom. The summed E-state index contributed by atoms with van der Waals surface area (Å²) in [5.41, 5.74) is 6.92. The van der Waals surface area contributed by atoms with Gasteiger partial charge in [-0.15, -0.1) is 0 Å². The van der Waals surface area contributed by atoms with Crippen molar-refractivity contribution in [3.05, 3.63) is 200 Å². The van der Waals surface area contributed by atoms with E-state index in [1.54, 1.807) is 0 Å². The summed E-state index contributed by atoms with van der Waals surface area (Å²) in [5, 5.41) is 21.2. The van der Waals surface area contributed by atoms with Gasteiger partial charge in [-0.25, -0.2) is 9.97 Å². The van der Waals surface area contributed by atoms with Crippen LogP contribution in [0.4, 0.5) is 0 Å². The maximum Gasteiger partial charge on any atom is 0.160 e. The standard InChI is InChI=1S/C52H32N4/c53-33-34-20-22-36(23-21-34)50-32-51(37-26-24-35(25-27-37)49-19-9-10-30-54-49)56-52(55-50)38-28-29-47-45-17-6-5-15-43(45)41-13-2-1-11-39(41)40-12-3-4-14-42(40)44-16-7-8-18-46(44)48(47)31-38/h1-32H. The van der Waals surface area contributed by atoms with Gasteiger partial charge in [0.15, 0.2) is 5.82 Å². The number of hydrogen-bond acceptors (Lipinski definition) is 4. The quantitative estimate of drug-likeness (QED) is 0.182. The van der Waals surface area contributed by atoms with Crippen LogP contribution in [-0.2, 0) is 0 Å². The lowest BCUT2D eigenvalue weighted by Crippen LogP contribution is -1.96. The number of nitriles is 1. The average molecular weight is 713 g/mol. The Morgan fingerprint density at radius 2 is 0.696 bits per heavy atom. The first-order chi connectivity index (χ1) is 27.7. The molecule has 10 rings (SSSR count). The van der Waals surface area contributed by atoms with E-state index < -0.39 is 0 Å². The molecule has 0 aliphatic heterocycles. The van der Waals surface area contributed by atoms with E-state index in [9.17, 15) is 5.26 Å². The molecule has 0 amide bonds. The minimum Gasteiger partial charge on any atom is -0.256 e. The lowest BCUT2D eigenvalue weighted by molar-refractivity contribution is 1.18. The molecule has 260 valence electrons. The van der Waals surface area contributed by atoms with E-state index in [4.69, 9.17) is 9.97 Å². The summed E-state index contributed by atoms with van der Waals surface area (Å²) in [6, 6.07) is 67.6. The van der Waals surface area contributed by atoms with Crippen LogP contribution < -0.4 is 0 Å². The molecular formula is C52H32N4. The summed E-state index contributed by atoms with van der Waals surface area (Å²) in [7, 11) is 0. The number of rotatable bonds is 4. The Kier molecular flexibility index (Phi) is 8.17. The molecule has 4 nitrogen and oxygen atoms in total. The minimum absolute atomic E-state index is 0.602. The maximum absolute atomic E-state index is 9.51. The van der Waals surface area contributed by atoms with Gasteiger partial charge in [0.1, 0.15) is 0 Å². The van der Waals surface area contributed by atoms with Crippen LogP contribution in [0.25, 0.3) is 99.0 Å². The Hall–Kier alpha value is -7.74. The van der Waals surface area contributed by atoms with E-state index in [0.29, 0.717) is 11.4 Å². The topological polar surface area (TPSA) is 62.5 Å². The second-order valence-electron chi connectivity index (χ2n) is 13.9. The van der Waals surface area contributed by atoms with E-state index in [1.165, 1.54) is 26.9 Å². The summed E-state index contributed by atoms with van der Waals surface area (Å²) in [5.74, 6) is 0.618. The molecule has 8 aromatic carbocycles. The van der Waals surface area contributed by atoms with Gasteiger partial charge in [0.05, 0.1) is 28.7 Å². The van der Waals surface area contributed by atoms with Crippen LogP contribution >= 0.6 is 0 Å². The molecule has 0 aliphatic rings. The van der Waals surface area contributed by atoms with Crippen molar-refractivity contribution in [1.82, 2.24) is 15.0 Å². The zero-order valence-electron chi connectivity index (χ0n) is 30.3. The van der Waals surface area contributed by atoms with Crippen molar-refractivity contribution >= 4 is 53.9 Å². The first kappa shape index (κ1) is 32.9. The molecule has 0 unspecified atom stereocenters. The summed E-state index contributed by atoms with van der Waals surface area (Å²) in [6.07, 6.45) is 1.81. The average Bonchev–Trinajstić information content (AvgIpc) is 3.29. The highest BCUT2D eigenvalue weighted by molar-refractivity contribution is 6.26. The predicted octanol–water partition coefficient (Wildman–Crippen LogP) is 13.3. The molecule has 0 radical (unpaired) electrons. The summed E-state index contributed by atoms with van der Waals surface area (Å²) in [6.45, 7) is 0. The molecule has 0 fully saturated rings. The highest BCUT2D eigenvalue weighted by Crippen LogP contribution is 2.38. The van der Waals surface area contributed by atoms with Gasteiger partial charge in [-0.2, -0.15) is 5.26 Å². The highest BCUT2D eigenvalue weighted by atomic mass is 14.9. The third-order valence-corrected chi connectivity index (χ3v) is 10.6. The largest absolute Gasteiger partial charge is 0.256 e. The van der Waals surface area contributed by atoms with Crippen molar-refractivity contribution in [2.24, 2.45) is 0 Å². The van der Waals surface area contributed by atoms with Crippen molar-refractivity contribution in [2.75, 3.05) is 0 Å². The smallest absolute Gasteiger partial charge is 0.160 e. The van der Waals surface area contributed by atoms with E-state index in [0.717, 1.165) is 66.3 Å². The zero-order valence-corrected chi connectivity index (χ0v) is 30.3. The molecule has 0 saturated carbocycles. The SMILES string of the molecule is N#Cc1ccc(-c2cc(-c3ccc(-c4ccccn4)cc3)nc(-c3ccc4c5ccccc5c5ccccc5c5ccccc5c5ccccc5c4c3)n2)cc1. The fraction of sp³-hybridized carbons (Fsp3) is 0. The van der Waals surface area contributed by atoms with Crippen LogP contribution in [0.3, 0.4) is 0 Å². The van der Waals surface area contributed by atoms with Crippen LogP contribution in [0.5, 0.6) is 0 Å². The summed E-state index contributed by atoms with van der Waals surface area (Å²) in [4.78, 5) is 15.0. The molecule has 0 spiro atoms. The molecule has 2 aromatic heterocycles. The number of fused-ring (bicyclic) bond motifs is 10. The van der Waals surface area contributed by atoms with Gasteiger partial charge < -0.3 is 0 Å². The molecule has 0 atom stereocenters. The molecule has 0 aliphatic carbocycles. The monoisotopic (exact) mass is 712 g/mol. The highest BCUT2D eigenvalue weighted by Gasteiger charge is 2.14. The molecule has 0 bridgehead atoms. The summed E-state index contributed by atoms with van der Waals surface area (Å²) >= 11 is 0. The molecular weight excluding hydrogens is 681 g/mol. The first-order valence-electron chi connectivity index (χ1n) is 18.7. The van der Waals surface area contributed by atoms with Gasteiger partial charge in [-0.05, 0) is 90.3 Å². The molecule has 10 aromatic rings. The van der Waals surface area contributed by atoms with Gasteiger partial charge in [0.2, 0.25) is 0 Å². The number of nitrogens with zero attached hydrogens (tertiary/aromatic N) is 4.